The molecular formula is C9H6Cl2FN3O2S. The molecule has 2 rings (SSSR count). The van der Waals surface area contributed by atoms with Gasteiger partial charge in [0.05, 0.1) is 28.3 Å². The van der Waals surface area contributed by atoms with Crippen molar-refractivity contribution in [1.29, 1.82) is 0 Å². The van der Waals surface area contributed by atoms with Gasteiger partial charge < -0.3 is 4.98 Å². The molecule has 1 aromatic carbocycles. The fraction of sp³-hybridized carbons (Fsp3) is 0. The zero-order valence-corrected chi connectivity index (χ0v) is 10.9. The largest absolute Gasteiger partial charge is 0.334 e. The van der Waals surface area contributed by atoms with E-state index in [9.17, 15) is 12.8 Å². The highest BCUT2D eigenvalue weighted by Crippen LogP contribution is 2.32. The Labute approximate surface area is 112 Å². The van der Waals surface area contributed by atoms with E-state index >= 15 is 0 Å². The third-order valence-corrected chi connectivity index (χ3v) is 3.88. The Morgan fingerprint density at radius 1 is 1.28 bits per heavy atom. The predicted octanol–water partition coefficient (Wildman–Crippen LogP) is 2.66. The van der Waals surface area contributed by atoms with Crippen molar-refractivity contribution in [3.63, 3.8) is 0 Å². The molecule has 0 bridgehead atoms. The number of rotatable bonds is 3. The second kappa shape index (κ2) is 4.75. The molecule has 0 radical (unpaired) electrons. The van der Waals surface area contributed by atoms with Gasteiger partial charge in [0.25, 0.3) is 10.0 Å². The summed E-state index contributed by atoms with van der Waals surface area (Å²) in [6, 6.07) is 1.91. The molecule has 0 spiro atoms. The van der Waals surface area contributed by atoms with Crippen LogP contribution in [0.3, 0.4) is 0 Å². The number of aromatic nitrogens is 2. The molecule has 0 atom stereocenters. The van der Waals surface area contributed by atoms with Gasteiger partial charge in [-0.25, -0.2) is 9.37 Å². The Morgan fingerprint density at radius 3 is 2.39 bits per heavy atom. The van der Waals surface area contributed by atoms with E-state index in [0.717, 1.165) is 18.3 Å². The summed E-state index contributed by atoms with van der Waals surface area (Å²) in [7, 11) is -3.89. The number of halogens is 3. The molecule has 1 aromatic heterocycles. The Bertz CT molecular complexity index is 650. The molecule has 0 saturated heterocycles. The van der Waals surface area contributed by atoms with Crippen LogP contribution in [-0.4, -0.2) is 18.4 Å². The lowest BCUT2D eigenvalue weighted by atomic mass is 10.3. The maximum Gasteiger partial charge on any atom is 0.279 e. The molecule has 0 unspecified atom stereocenters. The summed E-state index contributed by atoms with van der Waals surface area (Å²) in [5, 5.41) is -0.426. The molecule has 0 amide bonds. The maximum absolute atomic E-state index is 13.0. The fourth-order valence-electron chi connectivity index (χ4n) is 1.22. The molecule has 0 fully saturated rings. The minimum absolute atomic E-state index is 0.0886. The molecule has 0 aliphatic rings. The number of anilines is 1. The van der Waals surface area contributed by atoms with Crippen LogP contribution in [0.2, 0.25) is 10.0 Å². The third-order valence-electron chi connectivity index (χ3n) is 2.01. The van der Waals surface area contributed by atoms with Crippen molar-refractivity contribution in [2.45, 2.75) is 5.03 Å². The summed E-state index contributed by atoms with van der Waals surface area (Å²) in [6.07, 6.45) is 2.33. The summed E-state index contributed by atoms with van der Waals surface area (Å²) in [5.74, 6) is -0.658. The number of imidazole rings is 1. The molecule has 0 aliphatic heterocycles. The van der Waals surface area contributed by atoms with E-state index in [1.54, 1.807) is 0 Å². The molecule has 0 saturated carbocycles. The number of hydrogen-bond donors (Lipinski definition) is 2. The van der Waals surface area contributed by atoms with Gasteiger partial charge in [0, 0.05) is 0 Å². The van der Waals surface area contributed by atoms with Crippen LogP contribution in [0.5, 0.6) is 0 Å². The number of benzene rings is 1. The highest BCUT2D eigenvalue weighted by atomic mass is 35.5. The first kappa shape index (κ1) is 13.1. The summed E-state index contributed by atoms with van der Waals surface area (Å²) < 4.78 is 38.8. The van der Waals surface area contributed by atoms with E-state index in [-0.39, 0.29) is 20.8 Å². The average molecular weight is 310 g/mol. The van der Waals surface area contributed by atoms with Gasteiger partial charge in [-0.05, 0) is 12.1 Å². The normalized spacial score (nSPS) is 11.5. The summed E-state index contributed by atoms with van der Waals surface area (Å²) in [5.41, 5.74) is -0.0886. The van der Waals surface area contributed by atoms with Gasteiger partial charge >= 0.3 is 0 Å². The standard InChI is InChI=1S/C9H6Cl2FN3O2S/c10-6-1-5(12)2-7(11)9(6)15-18(16,17)8-3-13-4-14-8/h1-4,15H,(H,13,14). The van der Waals surface area contributed by atoms with Gasteiger partial charge in [-0.1, -0.05) is 23.2 Å². The van der Waals surface area contributed by atoms with E-state index in [1.165, 1.54) is 6.33 Å². The summed E-state index contributed by atoms with van der Waals surface area (Å²) in [6.45, 7) is 0. The molecule has 18 heavy (non-hydrogen) atoms. The lowest BCUT2D eigenvalue weighted by Crippen LogP contribution is -2.14. The van der Waals surface area contributed by atoms with E-state index < -0.39 is 15.8 Å². The van der Waals surface area contributed by atoms with Gasteiger partial charge in [0.2, 0.25) is 0 Å². The lowest BCUT2D eigenvalue weighted by molar-refractivity contribution is 0.598. The molecule has 0 aliphatic carbocycles. The first-order valence-electron chi connectivity index (χ1n) is 4.56. The van der Waals surface area contributed by atoms with E-state index in [4.69, 9.17) is 23.2 Å². The Hall–Kier alpha value is -1.31. The molecule has 1 heterocycles. The van der Waals surface area contributed by atoms with Gasteiger partial charge in [0.1, 0.15) is 5.82 Å². The first-order chi connectivity index (χ1) is 8.40. The number of H-pyrrole nitrogens is 1. The molecular weight excluding hydrogens is 304 g/mol. The van der Waals surface area contributed by atoms with Crippen LogP contribution in [-0.2, 0) is 10.0 Å². The Kier molecular flexibility index (Phi) is 3.47. The SMILES string of the molecule is O=S(=O)(Nc1c(Cl)cc(F)cc1Cl)c1cnc[nH]1. The van der Waals surface area contributed by atoms with E-state index in [2.05, 4.69) is 14.7 Å². The molecule has 9 heteroatoms. The van der Waals surface area contributed by atoms with Crippen LogP contribution in [0, 0.1) is 5.82 Å². The van der Waals surface area contributed by atoms with Crippen molar-refractivity contribution >= 4 is 38.9 Å². The van der Waals surface area contributed by atoms with Crippen LogP contribution >= 0.6 is 23.2 Å². The zero-order valence-electron chi connectivity index (χ0n) is 8.62. The van der Waals surface area contributed by atoms with Crippen molar-refractivity contribution < 1.29 is 12.8 Å². The summed E-state index contributed by atoms with van der Waals surface area (Å²) >= 11 is 11.5. The minimum Gasteiger partial charge on any atom is -0.334 e. The lowest BCUT2D eigenvalue weighted by Gasteiger charge is -2.09. The number of nitrogens with one attached hydrogen (secondary N) is 2. The van der Waals surface area contributed by atoms with Crippen LogP contribution in [0.15, 0.2) is 29.7 Å². The van der Waals surface area contributed by atoms with E-state index in [1.807, 2.05) is 0 Å². The molecule has 2 aromatic rings. The van der Waals surface area contributed by atoms with Crippen molar-refractivity contribution in [3.05, 3.63) is 40.5 Å². The Balaban J connectivity index is 2.42. The fourth-order valence-corrected chi connectivity index (χ4v) is 2.89. The van der Waals surface area contributed by atoms with Gasteiger partial charge in [0.15, 0.2) is 5.03 Å². The topological polar surface area (TPSA) is 74.8 Å². The van der Waals surface area contributed by atoms with Crippen LogP contribution in [0.4, 0.5) is 10.1 Å². The maximum atomic E-state index is 13.0. The van der Waals surface area contributed by atoms with Crippen LogP contribution < -0.4 is 4.72 Å². The van der Waals surface area contributed by atoms with E-state index in [0.29, 0.717) is 0 Å². The summed E-state index contributed by atoms with van der Waals surface area (Å²) in [4.78, 5) is 6.01. The van der Waals surface area contributed by atoms with Gasteiger partial charge in [-0.3, -0.25) is 4.72 Å². The molecule has 2 N–H and O–H groups in total. The van der Waals surface area contributed by atoms with Crippen molar-refractivity contribution in [3.8, 4) is 0 Å². The van der Waals surface area contributed by atoms with Crippen molar-refractivity contribution in [1.82, 2.24) is 9.97 Å². The van der Waals surface area contributed by atoms with Crippen molar-refractivity contribution in [2.24, 2.45) is 0 Å². The van der Waals surface area contributed by atoms with Gasteiger partial charge in [-0.15, -0.1) is 0 Å². The Morgan fingerprint density at radius 2 is 1.89 bits per heavy atom. The molecule has 96 valence electrons. The third kappa shape index (κ3) is 2.58. The van der Waals surface area contributed by atoms with Gasteiger partial charge in [-0.2, -0.15) is 8.42 Å². The highest BCUT2D eigenvalue weighted by Gasteiger charge is 2.19. The number of nitrogens with zero attached hydrogens (tertiary/aromatic N) is 1. The van der Waals surface area contributed by atoms with Crippen LogP contribution in [0.1, 0.15) is 0 Å². The second-order valence-electron chi connectivity index (χ2n) is 3.27. The quantitative estimate of drug-likeness (QED) is 0.915. The predicted molar refractivity (Wildman–Crippen MR) is 65.8 cm³/mol. The smallest absolute Gasteiger partial charge is 0.279 e. The first-order valence-corrected chi connectivity index (χ1v) is 6.80. The van der Waals surface area contributed by atoms with Crippen LogP contribution in [0.25, 0.3) is 0 Å². The number of hydrogen-bond acceptors (Lipinski definition) is 3. The number of aromatic amines is 1. The second-order valence-corrected chi connectivity index (χ2v) is 5.73. The number of sulfonamides is 1. The average Bonchev–Trinajstić information content (AvgIpc) is 2.77. The monoisotopic (exact) mass is 309 g/mol. The zero-order chi connectivity index (χ0) is 13.3. The highest BCUT2D eigenvalue weighted by molar-refractivity contribution is 7.92. The van der Waals surface area contributed by atoms with Crippen molar-refractivity contribution in [2.75, 3.05) is 4.72 Å². The minimum atomic E-state index is -3.89. The molecule has 5 nitrogen and oxygen atoms in total.